The van der Waals surface area contributed by atoms with Crippen LogP contribution in [0.15, 0.2) is 24.3 Å². The van der Waals surface area contributed by atoms with Gasteiger partial charge >= 0.3 is 0 Å². The zero-order chi connectivity index (χ0) is 14.8. The van der Waals surface area contributed by atoms with Crippen molar-refractivity contribution in [2.45, 2.75) is 26.8 Å². The normalized spacial score (nSPS) is 19.1. The standard InChI is InChI=1S/C16H26FN3/c1-13(18)16(2,3)12-19-8-10-20(11-9-19)15-6-4-14(17)5-7-15/h4-7,13H,8-12,18H2,1-3H3. The Bertz CT molecular complexity index is 420. The summed E-state index contributed by atoms with van der Waals surface area (Å²) in [6.07, 6.45) is 0. The number of hydrogen-bond donors (Lipinski definition) is 1. The van der Waals surface area contributed by atoms with Gasteiger partial charge in [-0.3, -0.25) is 4.90 Å². The quantitative estimate of drug-likeness (QED) is 0.918. The third-order valence-corrected chi connectivity index (χ3v) is 4.43. The molecular weight excluding hydrogens is 253 g/mol. The van der Waals surface area contributed by atoms with Crippen LogP contribution in [-0.4, -0.2) is 43.7 Å². The Balaban J connectivity index is 1.88. The first kappa shape index (κ1) is 15.3. The summed E-state index contributed by atoms with van der Waals surface area (Å²) in [5.74, 6) is -0.175. The van der Waals surface area contributed by atoms with Gasteiger partial charge in [-0.15, -0.1) is 0 Å². The second-order valence-corrected chi connectivity index (χ2v) is 6.52. The van der Waals surface area contributed by atoms with Crippen LogP contribution in [0, 0.1) is 11.2 Å². The van der Waals surface area contributed by atoms with Crippen molar-refractivity contribution in [2.24, 2.45) is 11.1 Å². The maximum atomic E-state index is 12.9. The molecule has 0 amide bonds. The number of nitrogens with two attached hydrogens (primary N) is 1. The Morgan fingerprint density at radius 1 is 1.15 bits per heavy atom. The fourth-order valence-electron chi connectivity index (χ4n) is 2.54. The van der Waals surface area contributed by atoms with E-state index in [4.69, 9.17) is 5.73 Å². The third-order valence-electron chi connectivity index (χ3n) is 4.43. The zero-order valence-corrected chi connectivity index (χ0v) is 12.8. The maximum Gasteiger partial charge on any atom is 0.123 e. The smallest absolute Gasteiger partial charge is 0.123 e. The second kappa shape index (κ2) is 6.10. The molecule has 0 spiro atoms. The van der Waals surface area contributed by atoms with E-state index in [0.717, 1.165) is 38.4 Å². The molecule has 2 N–H and O–H groups in total. The molecule has 1 heterocycles. The van der Waals surface area contributed by atoms with Crippen LogP contribution in [0.1, 0.15) is 20.8 Å². The number of nitrogens with zero attached hydrogens (tertiary/aromatic N) is 2. The summed E-state index contributed by atoms with van der Waals surface area (Å²) in [6.45, 7) is 11.6. The van der Waals surface area contributed by atoms with Crippen molar-refractivity contribution in [1.29, 1.82) is 0 Å². The minimum absolute atomic E-state index is 0.137. The van der Waals surface area contributed by atoms with Gasteiger partial charge in [0.25, 0.3) is 0 Å². The minimum atomic E-state index is -0.175. The first-order valence-electron chi connectivity index (χ1n) is 7.37. The summed E-state index contributed by atoms with van der Waals surface area (Å²) in [4.78, 5) is 4.79. The lowest BCUT2D eigenvalue weighted by atomic mass is 9.85. The predicted octanol–water partition coefficient (Wildman–Crippen LogP) is 2.32. The molecule has 1 aliphatic rings. The van der Waals surface area contributed by atoms with Gasteiger partial charge in [0.05, 0.1) is 0 Å². The Morgan fingerprint density at radius 2 is 1.70 bits per heavy atom. The van der Waals surface area contributed by atoms with Gasteiger partial charge < -0.3 is 10.6 Å². The lowest BCUT2D eigenvalue weighted by Gasteiger charge is -2.41. The molecule has 0 bridgehead atoms. The molecule has 1 aliphatic heterocycles. The van der Waals surface area contributed by atoms with E-state index in [1.165, 1.54) is 12.1 Å². The molecule has 1 aromatic carbocycles. The van der Waals surface area contributed by atoms with Gasteiger partial charge in [-0.05, 0) is 36.6 Å². The van der Waals surface area contributed by atoms with Crippen molar-refractivity contribution in [1.82, 2.24) is 4.90 Å². The molecule has 112 valence electrons. The molecule has 4 heteroatoms. The SMILES string of the molecule is CC(N)C(C)(C)CN1CCN(c2ccc(F)cc2)CC1. The molecule has 20 heavy (non-hydrogen) atoms. The van der Waals surface area contributed by atoms with Crippen LogP contribution in [0.3, 0.4) is 0 Å². The van der Waals surface area contributed by atoms with E-state index < -0.39 is 0 Å². The van der Waals surface area contributed by atoms with Gasteiger partial charge in [-0.25, -0.2) is 4.39 Å². The molecule has 1 aromatic rings. The van der Waals surface area contributed by atoms with Gasteiger partial charge in [0.2, 0.25) is 0 Å². The summed E-state index contributed by atoms with van der Waals surface area (Å²) in [7, 11) is 0. The molecule has 1 fully saturated rings. The average molecular weight is 279 g/mol. The van der Waals surface area contributed by atoms with Crippen LogP contribution >= 0.6 is 0 Å². The number of hydrogen-bond acceptors (Lipinski definition) is 3. The first-order chi connectivity index (χ1) is 9.38. The summed E-state index contributed by atoms with van der Waals surface area (Å²) in [5, 5.41) is 0. The van der Waals surface area contributed by atoms with Crippen LogP contribution in [0.4, 0.5) is 10.1 Å². The lowest BCUT2D eigenvalue weighted by Crippen LogP contribution is -2.51. The summed E-state index contributed by atoms with van der Waals surface area (Å²) in [5.41, 5.74) is 7.29. The molecule has 0 aliphatic carbocycles. The number of anilines is 1. The van der Waals surface area contributed by atoms with Gasteiger partial charge in [0.1, 0.15) is 5.82 Å². The van der Waals surface area contributed by atoms with E-state index >= 15 is 0 Å². The molecule has 3 nitrogen and oxygen atoms in total. The van der Waals surface area contributed by atoms with Gasteiger partial charge in [-0.1, -0.05) is 13.8 Å². The van der Waals surface area contributed by atoms with Gasteiger partial charge in [0, 0.05) is 44.5 Å². The minimum Gasteiger partial charge on any atom is -0.369 e. The molecular formula is C16H26FN3. The van der Waals surface area contributed by atoms with Crippen molar-refractivity contribution in [3.63, 3.8) is 0 Å². The highest BCUT2D eigenvalue weighted by Gasteiger charge is 2.27. The van der Waals surface area contributed by atoms with E-state index in [1.807, 2.05) is 12.1 Å². The van der Waals surface area contributed by atoms with Crippen molar-refractivity contribution >= 4 is 5.69 Å². The third kappa shape index (κ3) is 3.70. The molecule has 0 radical (unpaired) electrons. The molecule has 1 atom stereocenters. The van der Waals surface area contributed by atoms with E-state index in [-0.39, 0.29) is 17.3 Å². The van der Waals surface area contributed by atoms with Crippen LogP contribution < -0.4 is 10.6 Å². The summed E-state index contributed by atoms with van der Waals surface area (Å²) >= 11 is 0. The average Bonchev–Trinajstić information content (AvgIpc) is 2.40. The van der Waals surface area contributed by atoms with Crippen molar-refractivity contribution in [3.05, 3.63) is 30.1 Å². The highest BCUT2D eigenvalue weighted by molar-refractivity contribution is 5.46. The van der Waals surface area contributed by atoms with E-state index in [9.17, 15) is 4.39 Å². The molecule has 2 rings (SSSR count). The van der Waals surface area contributed by atoms with Gasteiger partial charge in [0.15, 0.2) is 0 Å². The Morgan fingerprint density at radius 3 is 2.20 bits per heavy atom. The Hall–Kier alpha value is -1.13. The summed E-state index contributed by atoms with van der Waals surface area (Å²) in [6, 6.07) is 6.97. The number of halogens is 1. The largest absolute Gasteiger partial charge is 0.369 e. The van der Waals surface area contributed by atoms with E-state index in [2.05, 4.69) is 30.6 Å². The van der Waals surface area contributed by atoms with Crippen LogP contribution in [0.2, 0.25) is 0 Å². The topological polar surface area (TPSA) is 32.5 Å². The number of benzene rings is 1. The predicted molar refractivity (Wildman–Crippen MR) is 82.5 cm³/mol. The van der Waals surface area contributed by atoms with Crippen molar-refractivity contribution in [2.75, 3.05) is 37.6 Å². The number of piperazine rings is 1. The van der Waals surface area contributed by atoms with Crippen molar-refractivity contribution < 1.29 is 4.39 Å². The highest BCUT2D eigenvalue weighted by Crippen LogP contribution is 2.23. The van der Waals surface area contributed by atoms with Crippen LogP contribution in [0.5, 0.6) is 0 Å². The Kier molecular flexibility index (Phi) is 4.66. The highest BCUT2D eigenvalue weighted by atomic mass is 19.1. The fraction of sp³-hybridized carbons (Fsp3) is 0.625. The fourth-order valence-corrected chi connectivity index (χ4v) is 2.54. The first-order valence-corrected chi connectivity index (χ1v) is 7.37. The van der Waals surface area contributed by atoms with Gasteiger partial charge in [-0.2, -0.15) is 0 Å². The monoisotopic (exact) mass is 279 g/mol. The second-order valence-electron chi connectivity index (χ2n) is 6.52. The van der Waals surface area contributed by atoms with Crippen LogP contribution in [0.25, 0.3) is 0 Å². The number of rotatable bonds is 4. The molecule has 0 aromatic heterocycles. The van der Waals surface area contributed by atoms with Crippen LogP contribution in [-0.2, 0) is 0 Å². The maximum absolute atomic E-state index is 12.9. The molecule has 1 unspecified atom stereocenters. The molecule has 1 saturated heterocycles. The molecule has 0 saturated carbocycles. The summed E-state index contributed by atoms with van der Waals surface area (Å²) < 4.78 is 12.9. The van der Waals surface area contributed by atoms with E-state index in [0.29, 0.717) is 0 Å². The lowest BCUT2D eigenvalue weighted by molar-refractivity contribution is 0.151. The van der Waals surface area contributed by atoms with Crippen molar-refractivity contribution in [3.8, 4) is 0 Å². The van der Waals surface area contributed by atoms with E-state index in [1.54, 1.807) is 0 Å². The Labute approximate surface area is 121 Å². The zero-order valence-electron chi connectivity index (χ0n) is 12.8.